The Kier molecular flexibility index (Phi) is 7.57. The zero-order chi connectivity index (χ0) is 30.4. The number of nitrogens with one attached hydrogen (secondary N) is 1. The van der Waals surface area contributed by atoms with Crippen molar-refractivity contribution in [2.24, 2.45) is 5.92 Å². The van der Waals surface area contributed by atoms with Gasteiger partial charge in [0.25, 0.3) is 0 Å². The number of anilines is 2. The molecule has 43 heavy (non-hydrogen) atoms. The fourth-order valence-electron chi connectivity index (χ4n) is 5.55. The molecule has 0 bridgehead atoms. The third-order valence-electron chi connectivity index (χ3n) is 7.62. The Morgan fingerprint density at radius 3 is 2.37 bits per heavy atom. The first-order chi connectivity index (χ1) is 20.7. The van der Waals surface area contributed by atoms with Crippen LogP contribution in [0.15, 0.2) is 76.6 Å². The number of para-hydroxylation sites is 1. The number of carbonyl (C=O) groups excluding carboxylic acids is 3. The van der Waals surface area contributed by atoms with Crippen LogP contribution < -0.4 is 24.6 Å². The van der Waals surface area contributed by atoms with Crippen molar-refractivity contribution in [3.63, 3.8) is 0 Å². The molecule has 1 saturated heterocycles. The first-order valence-corrected chi connectivity index (χ1v) is 15.0. The Hall–Kier alpha value is -4.42. The Morgan fingerprint density at radius 1 is 0.953 bits per heavy atom. The van der Waals surface area contributed by atoms with Crippen LogP contribution in [0.1, 0.15) is 21.9 Å². The van der Waals surface area contributed by atoms with E-state index in [9.17, 15) is 23.6 Å². The normalized spacial score (nSPS) is 19.2. The van der Waals surface area contributed by atoms with Crippen LogP contribution in [-0.4, -0.2) is 41.8 Å². The molecule has 1 N–H and O–H groups in total. The molecule has 1 aromatic heterocycles. The van der Waals surface area contributed by atoms with E-state index in [2.05, 4.69) is 5.32 Å². The Labute approximate surface area is 254 Å². The number of benzene rings is 3. The molecule has 1 fully saturated rings. The summed E-state index contributed by atoms with van der Waals surface area (Å²) in [6.45, 7) is 1.60. The molecule has 220 valence electrons. The quantitative estimate of drug-likeness (QED) is 0.296. The Balaban J connectivity index is 1.44. The molecule has 3 aromatic carbocycles. The average molecular weight is 620 g/mol. The first kappa shape index (κ1) is 28.7. The van der Waals surface area contributed by atoms with Gasteiger partial charge in [0.1, 0.15) is 17.6 Å². The summed E-state index contributed by atoms with van der Waals surface area (Å²) in [4.78, 5) is 55.6. The molecule has 3 heterocycles. The van der Waals surface area contributed by atoms with E-state index >= 15 is 0 Å². The fraction of sp³-hybridized carbons (Fsp3) is 0.226. The Morgan fingerprint density at radius 2 is 1.67 bits per heavy atom. The molecule has 4 aromatic rings. The number of thiazole rings is 1. The summed E-state index contributed by atoms with van der Waals surface area (Å²) >= 11 is 2.06. The largest absolute Gasteiger partial charge is 0.493 e. The number of ether oxygens (including phenoxy) is 2. The van der Waals surface area contributed by atoms with Crippen molar-refractivity contribution < 1.29 is 28.2 Å². The van der Waals surface area contributed by atoms with Crippen molar-refractivity contribution in [3.05, 3.63) is 98.2 Å². The average Bonchev–Trinajstić information content (AvgIpc) is 3.44. The SMILES string of the molecule is COc1ccc(C2c3sc(=O)n(CC(=O)Nc4ccccc4C)c3SC3C(=O)N(c4ccc(F)cc4)C(=O)C32)cc1OC. The minimum atomic E-state index is -0.886. The van der Waals surface area contributed by atoms with Gasteiger partial charge in [-0.25, -0.2) is 9.29 Å². The van der Waals surface area contributed by atoms with Crippen LogP contribution >= 0.6 is 23.1 Å². The highest BCUT2D eigenvalue weighted by atomic mass is 32.2. The maximum absolute atomic E-state index is 14.0. The number of rotatable bonds is 7. The second kappa shape index (κ2) is 11.3. The van der Waals surface area contributed by atoms with Crippen molar-refractivity contribution in [1.29, 1.82) is 0 Å². The molecule has 0 saturated carbocycles. The number of aromatic nitrogens is 1. The molecule has 12 heteroatoms. The highest BCUT2D eigenvalue weighted by Crippen LogP contribution is 2.54. The summed E-state index contributed by atoms with van der Waals surface area (Å²) < 4.78 is 26.0. The molecule has 9 nitrogen and oxygen atoms in total. The smallest absolute Gasteiger partial charge is 0.308 e. The van der Waals surface area contributed by atoms with Crippen molar-refractivity contribution in [3.8, 4) is 11.5 Å². The number of fused-ring (bicyclic) bond motifs is 2. The fourth-order valence-corrected chi connectivity index (χ4v) is 8.33. The van der Waals surface area contributed by atoms with E-state index in [1.54, 1.807) is 30.3 Å². The number of carbonyl (C=O) groups is 3. The second-order valence-corrected chi connectivity index (χ2v) is 12.3. The van der Waals surface area contributed by atoms with Gasteiger partial charge in [0.2, 0.25) is 17.7 Å². The highest BCUT2D eigenvalue weighted by molar-refractivity contribution is 8.00. The van der Waals surface area contributed by atoms with Crippen LogP contribution in [0, 0.1) is 18.7 Å². The summed E-state index contributed by atoms with van der Waals surface area (Å²) in [5, 5.41) is 2.43. The van der Waals surface area contributed by atoms with Gasteiger partial charge in [-0.1, -0.05) is 47.4 Å². The molecule has 2 aliphatic heterocycles. The monoisotopic (exact) mass is 619 g/mol. The van der Waals surface area contributed by atoms with Crippen molar-refractivity contribution in [1.82, 2.24) is 4.57 Å². The van der Waals surface area contributed by atoms with Crippen LogP contribution in [0.4, 0.5) is 15.8 Å². The van der Waals surface area contributed by atoms with Crippen molar-refractivity contribution in [2.75, 3.05) is 24.4 Å². The van der Waals surface area contributed by atoms with Gasteiger partial charge in [0.05, 0.1) is 30.9 Å². The summed E-state index contributed by atoms with van der Waals surface area (Å²) in [7, 11) is 3.01. The predicted molar refractivity (Wildman–Crippen MR) is 162 cm³/mol. The Bertz CT molecular complexity index is 1820. The maximum atomic E-state index is 14.0. The lowest BCUT2D eigenvalue weighted by molar-refractivity contribution is -0.122. The standard InChI is InChI=1S/C31H26FN3O6S2/c1-16-6-4-5-7-20(16)33-23(36)15-34-30-27(43-31(34)39)24(17-8-13-21(40-2)22(14-17)41-3)25-26(42-30)29(38)35(28(25)37)19-11-9-18(32)10-12-19/h4-14,24-26H,15H2,1-3H3,(H,33,36). The van der Waals surface area contributed by atoms with E-state index < -0.39 is 40.6 Å². The van der Waals surface area contributed by atoms with E-state index in [1.165, 1.54) is 43.1 Å². The number of methoxy groups -OCH3 is 2. The number of hydrogen-bond donors (Lipinski definition) is 1. The number of halogens is 1. The molecule has 6 rings (SSSR count). The summed E-state index contributed by atoms with van der Waals surface area (Å²) in [5.41, 5.74) is 2.41. The van der Waals surface area contributed by atoms with Crippen LogP contribution in [0.5, 0.6) is 11.5 Å². The number of amides is 3. The van der Waals surface area contributed by atoms with Crippen LogP contribution in [0.3, 0.4) is 0 Å². The zero-order valence-corrected chi connectivity index (χ0v) is 25.0. The molecule has 2 aliphatic rings. The summed E-state index contributed by atoms with van der Waals surface area (Å²) in [6.07, 6.45) is 0. The summed E-state index contributed by atoms with van der Waals surface area (Å²) in [5.74, 6) is -2.47. The summed E-state index contributed by atoms with van der Waals surface area (Å²) in [6, 6.07) is 17.7. The number of hydrogen-bond acceptors (Lipinski definition) is 8. The number of aryl methyl sites for hydroxylation is 1. The molecule has 0 aliphatic carbocycles. The molecule has 3 unspecified atom stereocenters. The van der Waals surface area contributed by atoms with Crippen LogP contribution in [-0.2, 0) is 20.9 Å². The van der Waals surface area contributed by atoms with E-state index in [1.807, 2.05) is 19.1 Å². The van der Waals surface area contributed by atoms with Gasteiger partial charge in [0.15, 0.2) is 11.5 Å². The topological polar surface area (TPSA) is 107 Å². The number of nitrogens with zero attached hydrogens (tertiary/aromatic N) is 2. The van der Waals surface area contributed by atoms with Crippen LogP contribution in [0.25, 0.3) is 0 Å². The molecule has 3 atom stereocenters. The molecule has 0 radical (unpaired) electrons. The minimum Gasteiger partial charge on any atom is -0.493 e. The maximum Gasteiger partial charge on any atom is 0.308 e. The van der Waals surface area contributed by atoms with Gasteiger partial charge < -0.3 is 14.8 Å². The molecular formula is C31H26FN3O6S2. The van der Waals surface area contributed by atoms with Gasteiger partial charge in [-0.15, -0.1) is 0 Å². The van der Waals surface area contributed by atoms with Crippen LogP contribution in [0.2, 0.25) is 0 Å². The first-order valence-electron chi connectivity index (χ1n) is 13.3. The predicted octanol–water partition coefficient (Wildman–Crippen LogP) is 4.81. The zero-order valence-electron chi connectivity index (χ0n) is 23.3. The van der Waals surface area contributed by atoms with Gasteiger partial charge >= 0.3 is 4.87 Å². The molecular weight excluding hydrogens is 593 g/mol. The lowest BCUT2D eigenvalue weighted by atomic mass is 9.83. The van der Waals surface area contributed by atoms with E-state index in [-0.39, 0.29) is 17.1 Å². The number of thioether (sulfide) groups is 1. The van der Waals surface area contributed by atoms with Gasteiger partial charge in [-0.2, -0.15) is 0 Å². The van der Waals surface area contributed by atoms with E-state index in [4.69, 9.17) is 9.47 Å². The van der Waals surface area contributed by atoms with Crippen molar-refractivity contribution in [2.45, 2.75) is 29.7 Å². The lowest BCUT2D eigenvalue weighted by Gasteiger charge is -2.31. The molecule has 3 amide bonds. The third kappa shape index (κ3) is 5.00. The van der Waals surface area contributed by atoms with Crippen molar-refractivity contribution >= 4 is 52.2 Å². The van der Waals surface area contributed by atoms with E-state index in [0.717, 1.165) is 33.6 Å². The molecule has 0 spiro atoms. The van der Waals surface area contributed by atoms with Gasteiger partial charge in [-0.3, -0.25) is 23.7 Å². The van der Waals surface area contributed by atoms with Gasteiger partial charge in [-0.05, 0) is 60.5 Å². The third-order valence-corrected chi connectivity index (χ3v) is 10.2. The van der Waals surface area contributed by atoms with E-state index in [0.29, 0.717) is 32.7 Å². The lowest BCUT2D eigenvalue weighted by Crippen LogP contribution is -2.33. The minimum absolute atomic E-state index is 0.260. The van der Waals surface area contributed by atoms with Gasteiger partial charge in [0, 0.05) is 16.5 Å². The second-order valence-electron chi connectivity index (χ2n) is 10.1. The highest BCUT2D eigenvalue weighted by Gasteiger charge is 2.57. The number of imide groups is 1.